The number of hydrogen-bond donors (Lipinski definition) is 4. The number of nitrogens with one attached hydrogen (secondary N) is 3. The molecular weight excluding hydrogens is 334 g/mol. The van der Waals surface area contributed by atoms with E-state index in [0.29, 0.717) is 32.2 Å². The summed E-state index contributed by atoms with van der Waals surface area (Å²) >= 11 is 0. The molecule has 26 heavy (non-hydrogen) atoms. The number of carbonyl (C=O) groups is 3. The molecule has 4 N–H and O–H groups in total. The second-order valence-corrected chi connectivity index (χ2v) is 6.45. The van der Waals surface area contributed by atoms with Crippen LogP contribution in [0.5, 0.6) is 0 Å². The van der Waals surface area contributed by atoms with Crippen LogP contribution in [0.4, 0.5) is 4.79 Å². The molecule has 0 saturated heterocycles. The Balaban J connectivity index is 2.16. The highest BCUT2D eigenvalue weighted by Crippen LogP contribution is 2.09. The summed E-state index contributed by atoms with van der Waals surface area (Å²) in [4.78, 5) is 35.3. The van der Waals surface area contributed by atoms with E-state index in [1.165, 1.54) is 6.08 Å². The standard InChI is InChI=1S/C19H25N3O4/c1-13-5-7-14(8-6-13)12-15-9-10-17(23)20-11-3-2-4-16(18(24)21-15)22-19(25)26/h5-10,15-16,22H,2-4,11-12H2,1H3,(H,20,23)(H,21,24)(H,25,26)/t15-,16+/m1/s1. The van der Waals surface area contributed by atoms with Gasteiger partial charge in [-0.05, 0) is 38.2 Å². The zero-order chi connectivity index (χ0) is 18.9. The van der Waals surface area contributed by atoms with Crippen LogP contribution in [0, 0.1) is 6.92 Å². The van der Waals surface area contributed by atoms with Crippen LogP contribution in [0.1, 0.15) is 30.4 Å². The molecule has 0 fully saturated rings. The van der Waals surface area contributed by atoms with Gasteiger partial charge < -0.3 is 21.1 Å². The highest BCUT2D eigenvalue weighted by molar-refractivity contribution is 5.88. The molecule has 0 saturated carbocycles. The summed E-state index contributed by atoms with van der Waals surface area (Å²) in [5, 5.41) is 16.9. The van der Waals surface area contributed by atoms with Gasteiger partial charge in [-0.15, -0.1) is 0 Å². The van der Waals surface area contributed by atoms with Gasteiger partial charge >= 0.3 is 6.09 Å². The molecule has 1 aliphatic rings. The molecule has 0 aromatic heterocycles. The SMILES string of the molecule is Cc1ccc(C[C@H]2C=CC(=O)NCCCC[C@H](NC(=O)O)C(=O)N2)cc1. The largest absolute Gasteiger partial charge is 0.465 e. The van der Waals surface area contributed by atoms with Crippen LogP contribution >= 0.6 is 0 Å². The number of carbonyl (C=O) groups excluding carboxylic acids is 2. The molecule has 0 bridgehead atoms. The fourth-order valence-electron chi connectivity index (χ4n) is 2.79. The molecule has 7 nitrogen and oxygen atoms in total. The lowest BCUT2D eigenvalue weighted by Crippen LogP contribution is -2.49. The van der Waals surface area contributed by atoms with Crippen molar-refractivity contribution in [1.29, 1.82) is 0 Å². The lowest BCUT2D eigenvalue weighted by Gasteiger charge is -2.22. The molecule has 0 unspecified atom stereocenters. The Kier molecular flexibility index (Phi) is 7.20. The molecule has 1 heterocycles. The highest BCUT2D eigenvalue weighted by Gasteiger charge is 2.22. The summed E-state index contributed by atoms with van der Waals surface area (Å²) in [6, 6.07) is 6.69. The molecular formula is C19H25N3O4. The van der Waals surface area contributed by atoms with Gasteiger partial charge in [0, 0.05) is 12.6 Å². The van der Waals surface area contributed by atoms with E-state index in [0.717, 1.165) is 11.1 Å². The third kappa shape index (κ3) is 6.58. The van der Waals surface area contributed by atoms with E-state index in [1.54, 1.807) is 6.08 Å². The molecule has 7 heteroatoms. The van der Waals surface area contributed by atoms with Gasteiger partial charge in [0.25, 0.3) is 0 Å². The van der Waals surface area contributed by atoms with E-state index in [-0.39, 0.29) is 11.8 Å². The molecule has 140 valence electrons. The van der Waals surface area contributed by atoms with Crippen LogP contribution < -0.4 is 16.0 Å². The topological polar surface area (TPSA) is 108 Å². The Bertz CT molecular complexity index is 670. The normalized spacial score (nSPS) is 21.7. The van der Waals surface area contributed by atoms with Gasteiger partial charge in [-0.25, -0.2) is 4.79 Å². The Morgan fingerprint density at radius 3 is 2.65 bits per heavy atom. The summed E-state index contributed by atoms with van der Waals surface area (Å²) in [7, 11) is 0. The average molecular weight is 359 g/mol. The Hall–Kier alpha value is -2.83. The predicted molar refractivity (Wildman–Crippen MR) is 97.8 cm³/mol. The van der Waals surface area contributed by atoms with Crippen LogP contribution in [0.15, 0.2) is 36.4 Å². The number of amides is 3. The Morgan fingerprint density at radius 1 is 1.23 bits per heavy atom. The quantitative estimate of drug-likeness (QED) is 0.656. The van der Waals surface area contributed by atoms with Crippen molar-refractivity contribution in [2.75, 3.05) is 6.54 Å². The maximum atomic E-state index is 12.5. The first-order valence-corrected chi connectivity index (χ1v) is 8.75. The van der Waals surface area contributed by atoms with E-state index in [1.807, 2.05) is 31.2 Å². The van der Waals surface area contributed by atoms with Crippen molar-refractivity contribution in [2.24, 2.45) is 0 Å². The van der Waals surface area contributed by atoms with E-state index < -0.39 is 18.2 Å². The van der Waals surface area contributed by atoms with Crippen LogP contribution in [0.3, 0.4) is 0 Å². The number of rotatable bonds is 3. The van der Waals surface area contributed by atoms with Gasteiger partial charge in [-0.1, -0.05) is 35.9 Å². The molecule has 3 amide bonds. The smallest absolute Gasteiger partial charge is 0.405 e. The van der Waals surface area contributed by atoms with Crippen molar-refractivity contribution in [1.82, 2.24) is 16.0 Å². The van der Waals surface area contributed by atoms with Crippen LogP contribution in [0.2, 0.25) is 0 Å². The van der Waals surface area contributed by atoms with Gasteiger partial charge in [-0.2, -0.15) is 0 Å². The number of hydrogen-bond acceptors (Lipinski definition) is 3. The van der Waals surface area contributed by atoms with E-state index >= 15 is 0 Å². The molecule has 1 aromatic carbocycles. The third-order valence-corrected chi connectivity index (χ3v) is 4.22. The van der Waals surface area contributed by atoms with Crippen molar-refractivity contribution in [3.63, 3.8) is 0 Å². The minimum Gasteiger partial charge on any atom is -0.465 e. The van der Waals surface area contributed by atoms with Gasteiger partial charge in [-0.3, -0.25) is 9.59 Å². The van der Waals surface area contributed by atoms with Gasteiger partial charge in [0.2, 0.25) is 11.8 Å². The molecule has 0 spiro atoms. The molecule has 1 aromatic rings. The lowest BCUT2D eigenvalue weighted by molar-refractivity contribution is -0.123. The predicted octanol–water partition coefficient (Wildman–Crippen LogP) is 1.51. The molecule has 0 aliphatic carbocycles. The lowest BCUT2D eigenvalue weighted by atomic mass is 10.0. The van der Waals surface area contributed by atoms with E-state index in [4.69, 9.17) is 5.11 Å². The van der Waals surface area contributed by atoms with Gasteiger partial charge in [0.15, 0.2) is 0 Å². The van der Waals surface area contributed by atoms with Crippen molar-refractivity contribution < 1.29 is 19.5 Å². The summed E-state index contributed by atoms with van der Waals surface area (Å²) in [6.07, 6.45) is 4.04. The van der Waals surface area contributed by atoms with E-state index in [2.05, 4.69) is 16.0 Å². The molecule has 1 aliphatic heterocycles. The molecule has 2 rings (SSSR count). The summed E-state index contributed by atoms with van der Waals surface area (Å²) in [6.45, 7) is 2.49. The fourth-order valence-corrected chi connectivity index (χ4v) is 2.79. The van der Waals surface area contributed by atoms with Crippen molar-refractivity contribution >= 4 is 17.9 Å². The summed E-state index contributed by atoms with van der Waals surface area (Å²) < 4.78 is 0. The summed E-state index contributed by atoms with van der Waals surface area (Å²) in [5.41, 5.74) is 2.15. The second kappa shape index (κ2) is 9.60. The number of aryl methyl sites for hydroxylation is 1. The maximum Gasteiger partial charge on any atom is 0.405 e. The Labute approximate surface area is 152 Å². The first-order chi connectivity index (χ1) is 12.4. The van der Waals surface area contributed by atoms with Crippen molar-refractivity contribution in [2.45, 2.75) is 44.7 Å². The highest BCUT2D eigenvalue weighted by atomic mass is 16.4. The Morgan fingerprint density at radius 2 is 1.96 bits per heavy atom. The van der Waals surface area contributed by atoms with Crippen molar-refractivity contribution in [3.05, 3.63) is 47.5 Å². The number of benzene rings is 1. The van der Waals surface area contributed by atoms with Gasteiger partial charge in [0.05, 0.1) is 6.04 Å². The van der Waals surface area contributed by atoms with Crippen molar-refractivity contribution in [3.8, 4) is 0 Å². The first kappa shape index (κ1) is 19.5. The zero-order valence-electron chi connectivity index (χ0n) is 14.8. The number of carboxylic acid groups (broad SMARTS) is 1. The second-order valence-electron chi connectivity index (χ2n) is 6.45. The zero-order valence-corrected chi connectivity index (χ0v) is 14.8. The molecule has 2 atom stereocenters. The van der Waals surface area contributed by atoms with E-state index in [9.17, 15) is 14.4 Å². The average Bonchev–Trinajstić information content (AvgIpc) is 2.59. The minimum atomic E-state index is -1.23. The first-order valence-electron chi connectivity index (χ1n) is 8.75. The minimum absolute atomic E-state index is 0.200. The monoisotopic (exact) mass is 359 g/mol. The maximum absolute atomic E-state index is 12.5. The summed E-state index contributed by atoms with van der Waals surface area (Å²) in [5.74, 6) is -0.580. The van der Waals surface area contributed by atoms with Crippen LogP contribution in [-0.2, 0) is 16.0 Å². The van der Waals surface area contributed by atoms with Crippen LogP contribution in [-0.4, -0.2) is 41.6 Å². The van der Waals surface area contributed by atoms with Gasteiger partial charge in [0.1, 0.15) is 6.04 Å². The fraction of sp³-hybridized carbons (Fsp3) is 0.421. The molecule has 0 radical (unpaired) electrons. The third-order valence-electron chi connectivity index (χ3n) is 4.22. The van der Waals surface area contributed by atoms with Crippen LogP contribution in [0.25, 0.3) is 0 Å².